The van der Waals surface area contributed by atoms with Crippen LogP contribution >= 0.6 is 0 Å². The molecule has 2 saturated heterocycles. The van der Waals surface area contributed by atoms with Gasteiger partial charge in [-0.2, -0.15) is 5.26 Å². The summed E-state index contributed by atoms with van der Waals surface area (Å²) in [6, 6.07) is 2.15. The molecule has 2 aliphatic heterocycles. The maximum atomic E-state index is 9.39. The number of hydrogen-bond acceptors (Lipinski definition) is 3. The van der Waals surface area contributed by atoms with Crippen molar-refractivity contribution >= 4 is 0 Å². The highest BCUT2D eigenvalue weighted by molar-refractivity contribution is 4.99. The Morgan fingerprint density at radius 1 is 1.24 bits per heavy atom. The molecule has 3 heteroatoms. The quantitative estimate of drug-likeness (QED) is 0.568. The van der Waals surface area contributed by atoms with Gasteiger partial charge in [-0.3, -0.25) is 0 Å². The molecule has 0 aromatic carbocycles. The van der Waals surface area contributed by atoms with E-state index in [4.69, 9.17) is 10.00 Å². The lowest BCUT2D eigenvalue weighted by Gasteiger charge is -2.25. The standard InChI is InChI=1S/C14H21NO2/c15-9-5-3-1-2-4-6-11-12(10-16)14-8-7-13(11)17-14/h2,4,11-14,16H,1,3,5-8,10H2/b4-2-/t11-,12+,13+,14-/m1/s1. The molecular formula is C14H21NO2. The number of unbranched alkanes of at least 4 members (excludes halogenated alkanes) is 2. The predicted molar refractivity (Wildman–Crippen MR) is 65.2 cm³/mol. The highest BCUT2D eigenvalue weighted by Crippen LogP contribution is 2.44. The summed E-state index contributed by atoms with van der Waals surface area (Å²) in [5.41, 5.74) is 0. The van der Waals surface area contributed by atoms with Crippen LogP contribution in [0.15, 0.2) is 12.2 Å². The number of ether oxygens (including phenoxy) is 1. The first-order valence-corrected chi connectivity index (χ1v) is 6.65. The number of nitriles is 1. The summed E-state index contributed by atoms with van der Waals surface area (Å²) in [7, 11) is 0. The van der Waals surface area contributed by atoms with Gasteiger partial charge in [-0.25, -0.2) is 0 Å². The van der Waals surface area contributed by atoms with Crippen molar-refractivity contribution in [3.05, 3.63) is 12.2 Å². The van der Waals surface area contributed by atoms with E-state index in [1.165, 1.54) is 0 Å². The maximum absolute atomic E-state index is 9.39. The number of nitrogens with zero attached hydrogens (tertiary/aromatic N) is 1. The summed E-state index contributed by atoms with van der Waals surface area (Å²) < 4.78 is 5.85. The van der Waals surface area contributed by atoms with E-state index in [9.17, 15) is 5.11 Å². The van der Waals surface area contributed by atoms with Crippen LogP contribution in [0.3, 0.4) is 0 Å². The van der Waals surface area contributed by atoms with Crippen LogP contribution in [0, 0.1) is 23.2 Å². The van der Waals surface area contributed by atoms with Gasteiger partial charge in [0.1, 0.15) is 0 Å². The van der Waals surface area contributed by atoms with Crippen molar-refractivity contribution < 1.29 is 9.84 Å². The average Bonchev–Trinajstić information content (AvgIpc) is 2.93. The summed E-state index contributed by atoms with van der Waals surface area (Å²) in [5, 5.41) is 17.8. The van der Waals surface area contributed by atoms with Gasteiger partial charge >= 0.3 is 0 Å². The van der Waals surface area contributed by atoms with E-state index in [1.54, 1.807) is 0 Å². The Bertz CT molecular complexity index is 308. The Morgan fingerprint density at radius 3 is 2.71 bits per heavy atom. The Labute approximate surface area is 103 Å². The summed E-state index contributed by atoms with van der Waals surface area (Å²) in [4.78, 5) is 0. The third kappa shape index (κ3) is 2.88. The first-order valence-electron chi connectivity index (χ1n) is 6.65. The molecule has 0 saturated carbocycles. The number of allylic oxidation sites excluding steroid dienone is 2. The molecule has 0 unspecified atom stereocenters. The van der Waals surface area contributed by atoms with Crippen molar-refractivity contribution in [2.24, 2.45) is 11.8 Å². The number of aliphatic hydroxyl groups is 1. The molecule has 0 aromatic heterocycles. The normalized spacial score (nSPS) is 35.5. The van der Waals surface area contributed by atoms with Crippen LogP contribution in [0.25, 0.3) is 0 Å². The van der Waals surface area contributed by atoms with Crippen molar-refractivity contribution in [1.82, 2.24) is 0 Å². The second-order valence-electron chi connectivity index (χ2n) is 5.06. The van der Waals surface area contributed by atoms with Crippen LogP contribution in [0.5, 0.6) is 0 Å². The van der Waals surface area contributed by atoms with Crippen LogP contribution < -0.4 is 0 Å². The van der Waals surface area contributed by atoms with Crippen molar-refractivity contribution in [3.8, 4) is 6.07 Å². The lowest BCUT2D eigenvalue weighted by Crippen LogP contribution is -2.29. The molecule has 2 heterocycles. The van der Waals surface area contributed by atoms with E-state index in [0.29, 0.717) is 30.5 Å². The summed E-state index contributed by atoms with van der Waals surface area (Å²) in [6.07, 6.45) is 10.9. The van der Waals surface area contributed by atoms with E-state index in [0.717, 1.165) is 32.1 Å². The number of hydrogen-bond donors (Lipinski definition) is 1. The molecule has 0 amide bonds. The Kier molecular flexibility index (Phi) is 4.58. The van der Waals surface area contributed by atoms with E-state index in [-0.39, 0.29) is 6.61 Å². The fraction of sp³-hybridized carbons (Fsp3) is 0.786. The van der Waals surface area contributed by atoms with Gasteiger partial charge in [-0.15, -0.1) is 0 Å². The molecule has 0 aromatic rings. The van der Waals surface area contributed by atoms with Crippen molar-refractivity contribution in [1.29, 1.82) is 5.26 Å². The molecule has 94 valence electrons. The second kappa shape index (κ2) is 6.18. The van der Waals surface area contributed by atoms with Crippen molar-refractivity contribution in [2.75, 3.05) is 6.61 Å². The largest absolute Gasteiger partial charge is 0.396 e. The Balaban J connectivity index is 1.73. The van der Waals surface area contributed by atoms with E-state index in [2.05, 4.69) is 18.2 Å². The van der Waals surface area contributed by atoms with Gasteiger partial charge in [0.05, 0.1) is 18.3 Å². The van der Waals surface area contributed by atoms with Crippen LogP contribution in [0.4, 0.5) is 0 Å². The zero-order chi connectivity index (χ0) is 12.1. The van der Waals surface area contributed by atoms with Crippen molar-refractivity contribution in [3.63, 3.8) is 0 Å². The summed E-state index contributed by atoms with van der Waals surface area (Å²) in [5.74, 6) is 0.850. The van der Waals surface area contributed by atoms with Crippen LogP contribution in [0.2, 0.25) is 0 Å². The SMILES string of the molecule is N#CCCC/C=C\C[C@@H]1[C@H](CO)[C@H]2CC[C@@H]1O2. The van der Waals surface area contributed by atoms with Gasteiger partial charge in [0.25, 0.3) is 0 Å². The zero-order valence-electron chi connectivity index (χ0n) is 10.2. The fourth-order valence-corrected chi connectivity index (χ4v) is 3.12. The monoisotopic (exact) mass is 235 g/mol. The Morgan fingerprint density at radius 2 is 2.00 bits per heavy atom. The minimum Gasteiger partial charge on any atom is -0.396 e. The van der Waals surface area contributed by atoms with Gasteiger partial charge in [-0.05, 0) is 38.0 Å². The molecule has 4 atom stereocenters. The van der Waals surface area contributed by atoms with Crippen molar-refractivity contribution in [2.45, 2.75) is 50.7 Å². The first kappa shape index (κ1) is 12.6. The predicted octanol–water partition coefficient (Wildman–Crippen LogP) is 2.41. The third-order valence-electron chi connectivity index (χ3n) is 4.04. The highest BCUT2D eigenvalue weighted by atomic mass is 16.5. The van der Waals surface area contributed by atoms with E-state index in [1.807, 2.05) is 0 Å². The minimum absolute atomic E-state index is 0.258. The second-order valence-corrected chi connectivity index (χ2v) is 5.06. The maximum Gasteiger partial charge on any atom is 0.0633 e. The van der Waals surface area contributed by atoms with Crippen LogP contribution in [-0.2, 0) is 4.74 Å². The number of rotatable bonds is 6. The summed E-state index contributed by atoms with van der Waals surface area (Å²) in [6.45, 7) is 0.258. The molecule has 1 N–H and O–H groups in total. The molecule has 2 fully saturated rings. The van der Waals surface area contributed by atoms with E-state index >= 15 is 0 Å². The molecule has 0 radical (unpaired) electrons. The van der Waals surface area contributed by atoms with Gasteiger partial charge < -0.3 is 9.84 Å². The van der Waals surface area contributed by atoms with Gasteiger partial charge in [0, 0.05) is 18.9 Å². The average molecular weight is 235 g/mol. The molecule has 0 aliphatic carbocycles. The number of aliphatic hydroxyl groups excluding tert-OH is 1. The lowest BCUT2D eigenvalue weighted by atomic mass is 9.78. The summed E-state index contributed by atoms with van der Waals surface area (Å²) >= 11 is 0. The molecule has 2 rings (SSSR count). The fourth-order valence-electron chi connectivity index (χ4n) is 3.12. The van der Waals surface area contributed by atoms with E-state index < -0.39 is 0 Å². The first-order chi connectivity index (χ1) is 8.36. The molecule has 2 aliphatic rings. The van der Waals surface area contributed by atoms with Gasteiger partial charge in [0.15, 0.2) is 0 Å². The molecule has 3 nitrogen and oxygen atoms in total. The molecule has 17 heavy (non-hydrogen) atoms. The lowest BCUT2D eigenvalue weighted by molar-refractivity contribution is 0.0787. The molecular weight excluding hydrogens is 214 g/mol. The molecule has 0 spiro atoms. The van der Waals surface area contributed by atoms with Crippen LogP contribution in [-0.4, -0.2) is 23.9 Å². The topological polar surface area (TPSA) is 53.2 Å². The van der Waals surface area contributed by atoms with Gasteiger partial charge in [0.2, 0.25) is 0 Å². The van der Waals surface area contributed by atoms with Crippen LogP contribution in [0.1, 0.15) is 38.5 Å². The number of fused-ring (bicyclic) bond motifs is 2. The molecule has 2 bridgehead atoms. The highest BCUT2D eigenvalue weighted by Gasteiger charge is 2.47. The minimum atomic E-state index is 0.258. The van der Waals surface area contributed by atoms with Gasteiger partial charge in [-0.1, -0.05) is 12.2 Å². The Hall–Kier alpha value is -0.850. The zero-order valence-corrected chi connectivity index (χ0v) is 10.2. The third-order valence-corrected chi connectivity index (χ3v) is 4.04. The smallest absolute Gasteiger partial charge is 0.0633 e.